The van der Waals surface area contributed by atoms with Crippen molar-refractivity contribution in [3.63, 3.8) is 0 Å². The van der Waals surface area contributed by atoms with E-state index in [2.05, 4.69) is 10.7 Å². The van der Waals surface area contributed by atoms with Crippen LogP contribution in [0.5, 0.6) is 0 Å². The number of urea groups is 1. The molecule has 2 fully saturated rings. The lowest BCUT2D eigenvalue weighted by Gasteiger charge is -2.30. The zero-order valence-corrected chi connectivity index (χ0v) is 12.8. The molecule has 0 unspecified atom stereocenters. The Morgan fingerprint density at radius 1 is 1.32 bits per heavy atom. The molecule has 1 aliphatic carbocycles. The molecule has 0 bridgehead atoms. The summed E-state index contributed by atoms with van der Waals surface area (Å²) in [5, 5.41) is 5.46. The van der Waals surface area contributed by atoms with E-state index in [-0.39, 0.29) is 5.91 Å². The van der Waals surface area contributed by atoms with Gasteiger partial charge in [-0.05, 0) is 30.4 Å². The van der Waals surface area contributed by atoms with Crippen LogP contribution in [0.1, 0.15) is 37.0 Å². The number of amides is 4. The molecule has 2 aliphatic rings. The number of nitrogens with one attached hydrogen (secondary N) is 2. The van der Waals surface area contributed by atoms with Crippen molar-refractivity contribution in [3.05, 3.63) is 28.5 Å². The molecule has 1 aromatic heterocycles. The van der Waals surface area contributed by atoms with Crippen molar-refractivity contribution in [1.82, 2.24) is 15.8 Å². The molecule has 1 spiro atoms. The van der Waals surface area contributed by atoms with Crippen molar-refractivity contribution in [1.29, 1.82) is 0 Å². The van der Waals surface area contributed by atoms with Crippen LogP contribution in [0.4, 0.5) is 4.79 Å². The Balaban J connectivity index is 1.66. The number of carbonyl (C=O) groups excluding carboxylic acids is 3. The molecule has 2 heterocycles. The van der Waals surface area contributed by atoms with Crippen LogP contribution in [0.15, 0.2) is 23.6 Å². The highest BCUT2D eigenvalue weighted by Gasteiger charge is 2.52. The molecule has 7 heteroatoms. The second-order valence-electron chi connectivity index (χ2n) is 5.54. The van der Waals surface area contributed by atoms with E-state index in [1.54, 1.807) is 6.08 Å². The maximum absolute atomic E-state index is 12.5. The fourth-order valence-electron chi connectivity index (χ4n) is 2.91. The highest BCUT2D eigenvalue weighted by molar-refractivity contribution is 7.10. The van der Waals surface area contributed by atoms with Crippen LogP contribution in [-0.2, 0) is 9.59 Å². The Hall–Kier alpha value is -2.15. The van der Waals surface area contributed by atoms with Crippen LogP contribution >= 0.6 is 11.3 Å². The summed E-state index contributed by atoms with van der Waals surface area (Å²) in [5.41, 5.74) is 1.54. The lowest BCUT2D eigenvalue weighted by Crippen LogP contribution is -2.50. The maximum Gasteiger partial charge on any atom is 0.344 e. The molecule has 116 valence electrons. The van der Waals surface area contributed by atoms with Crippen molar-refractivity contribution >= 4 is 35.3 Å². The molecule has 1 aliphatic heterocycles. The van der Waals surface area contributed by atoms with Gasteiger partial charge < -0.3 is 5.32 Å². The molecule has 3 rings (SSSR count). The van der Waals surface area contributed by atoms with Crippen molar-refractivity contribution in [2.24, 2.45) is 0 Å². The molecule has 0 aromatic carbocycles. The summed E-state index contributed by atoms with van der Waals surface area (Å²) in [6.07, 6.45) is 7.12. The fraction of sp³-hybridized carbons (Fsp3) is 0.400. The fourth-order valence-corrected chi connectivity index (χ4v) is 3.53. The lowest BCUT2D eigenvalue weighted by molar-refractivity contribution is -0.138. The molecule has 4 amide bonds. The number of hydrogen-bond donors (Lipinski definition) is 2. The normalized spacial score (nSPS) is 20.6. The first-order valence-electron chi connectivity index (χ1n) is 7.30. The van der Waals surface area contributed by atoms with E-state index in [4.69, 9.17) is 0 Å². The highest BCUT2D eigenvalue weighted by Crippen LogP contribution is 2.32. The number of nitrogens with zero attached hydrogens (tertiary/aromatic N) is 1. The topological polar surface area (TPSA) is 78.5 Å². The third kappa shape index (κ3) is 2.76. The van der Waals surface area contributed by atoms with E-state index in [0.717, 1.165) is 29.1 Å². The van der Waals surface area contributed by atoms with Crippen LogP contribution in [0, 0.1) is 0 Å². The highest BCUT2D eigenvalue weighted by atomic mass is 32.1. The van der Waals surface area contributed by atoms with Gasteiger partial charge in [0.05, 0.1) is 0 Å². The summed E-state index contributed by atoms with van der Waals surface area (Å²) >= 11 is 1.50. The number of hydrazine groups is 1. The Labute approximate surface area is 132 Å². The molecule has 22 heavy (non-hydrogen) atoms. The average molecular weight is 319 g/mol. The summed E-state index contributed by atoms with van der Waals surface area (Å²) in [5.74, 6) is -0.847. The second-order valence-corrected chi connectivity index (χ2v) is 6.52. The summed E-state index contributed by atoms with van der Waals surface area (Å²) in [6.45, 7) is 0. The van der Waals surface area contributed by atoms with Crippen LogP contribution in [0.25, 0.3) is 6.08 Å². The van der Waals surface area contributed by atoms with E-state index in [1.165, 1.54) is 17.4 Å². The Bertz CT molecular complexity index is 618. The van der Waals surface area contributed by atoms with Crippen molar-refractivity contribution in [2.45, 2.75) is 37.6 Å². The molecule has 1 saturated carbocycles. The predicted molar refractivity (Wildman–Crippen MR) is 82.7 cm³/mol. The van der Waals surface area contributed by atoms with Gasteiger partial charge in [0.25, 0.3) is 11.8 Å². The number of rotatable bonds is 3. The van der Waals surface area contributed by atoms with Gasteiger partial charge in [0.15, 0.2) is 0 Å². The Morgan fingerprint density at radius 3 is 2.77 bits per heavy atom. The zero-order valence-electron chi connectivity index (χ0n) is 12.0. The monoisotopic (exact) mass is 319 g/mol. The summed E-state index contributed by atoms with van der Waals surface area (Å²) in [7, 11) is 0. The van der Waals surface area contributed by atoms with Gasteiger partial charge in [-0.15, -0.1) is 11.3 Å². The minimum atomic E-state index is -0.819. The first kappa shape index (κ1) is 14.8. The van der Waals surface area contributed by atoms with E-state index in [9.17, 15) is 14.4 Å². The van der Waals surface area contributed by atoms with Gasteiger partial charge in [-0.25, -0.2) is 4.79 Å². The van der Waals surface area contributed by atoms with Gasteiger partial charge in [0.2, 0.25) is 0 Å². The van der Waals surface area contributed by atoms with Gasteiger partial charge in [-0.3, -0.25) is 15.0 Å². The van der Waals surface area contributed by atoms with E-state index < -0.39 is 17.5 Å². The molecule has 1 aromatic rings. The van der Waals surface area contributed by atoms with Crippen molar-refractivity contribution in [2.75, 3.05) is 0 Å². The van der Waals surface area contributed by atoms with Crippen LogP contribution < -0.4 is 10.7 Å². The molecular formula is C15H17N3O3S. The number of imide groups is 1. The quantitative estimate of drug-likeness (QED) is 0.661. The Kier molecular flexibility index (Phi) is 3.98. The van der Waals surface area contributed by atoms with E-state index in [1.807, 2.05) is 17.5 Å². The smallest absolute Gasteiger partial charge is 0.322 e. The first-order valence-corrected chi connectivity index (χ1v) is 8.18. The minimum absolute atomic E-state index is 0.352. The third-order valence-electron chi connectivity index (χ3n) is 4.03. The van der Waals surface area contributed by atoms with E-state index in [0.29, 0.717) is 12.8 Å². The van der Waals surface area contributed by atoms with E-state index >= 15 is 0 Å². The zero-order chi connectivity index (χ0) is 15.6. The largest absolute Gasteiger partial charge is 0.344 e. The molecular weight excluding hydrogens is 302 g/mol. The number of thiophene rings is 1. The van der Waals surface area contributed by atoms with Crippen LogP contribution in [0.3, 0.4) is 0 Å². The van der Waals surface area contributed by atoms with Gasteiger partial charge >= 0.3 is 6.03 Å². The van der Waals surface area contributed by atoms with Crippen molar-refractivity contribution in [3.8, 4) is 0 Å². The molecule has 0 atom stereocenters. The molecule has 2 N–H and O–H groups in total. The summed E-state index contributed by atoms with van der Waals surface area (Å²) in [6, 6.07) is 3.20. The summed E-state index contributed by atoms with van der Waals surface area (Å²) < 4.78 is 0. The third-order valence-corrected chi connectivity index (χ3v) is 4.87. The lowest BCUT2D eigenvalue weighted by atomic mass is 9.82. The van der Waals surface area contributed by atoms with Gasteiger partial charge in [0.1, 0.15) is 5.54 Å². The molecule has 0 radical (unpaired) electrons. The standard InChI is InChI=1S/C15H17N3O3S/c19-12(7-6-11-5-4-10-22-11)17-18-13(20)15(16-14(18)21)8-2-1-3-9-15/h4-7,10H,1-3,8-9H2,(H,16,21)(H,17,19)/b7-6+. The van der Waals surface area contributed by atoms with Gasteiger partial charge in [-0.2, -0.15) is 5.01 Å². The summed E-state index contributed by atoms with van der Waals surface area (Å²) in [4.78, 5) is 37.3. The average Bonchev–Trinajstić information content (AvgIpc) is 3.10. The van der Waals surface area contributed by atoms with Crippen molar-refractivity contribution < 1.29 is 14.4 Å². The predicted octanol–water partition coefficient (Wildman–Crippen LogP) is 2.05. The minimum Gasteiger partial charge on any atom is -0.322 e. The SMILES string of the molecule is O=C(/C=C/c1cccs1)NN1C(=O)NC2(CCCCC2)C1=O. The van der Waals surface area contributed by atoms with Crippen LogP contribution in [0.2, 0.25) is 0 Å². The number of carbonyl (C=O) groups is 3. The number of hydrogen-bond acceptors (Lipinski definition) is 4. The second kappa shape index (κ2) is 5.92. The Morgan fingerprint density at radius 2 is 2.09 bits per heavy atom. The van der Waals surface area contributed by atoms with Crippen LogP contribution in [-0.4, -0.2) is 28.4 Å². The molecule has 1 saturated heterocycles. The maximum atomic E-state index is 12.5. The van der Waals surface area contributed by atoms with Gasteiger partial charge in [-0.1, -0.05) is 25.3 Å². The molecule has 6 nitrogen and oxygen atoms in total. The first-order chi connectivity index (χ1) is 10.6. The van der Waals surface area contributed by atoms with Gasteiger partial charge in [0, 0.05) is 11.0 Å².